The van der Waals surface area contributed by atoms with Crippen LogP contribution >= 0.6 is 0 Å². The number of nitrogens with zero attached hydrogens (tertiary/aromatic N) is 2. The number of nitrogens with one attached hydrogen (secondary N) is 1. The summed E-state index contributed by atoms with van der Waals surface area (Å²) in [5, 5.41) is 11.2. The Morgan fingerprint density at radius 2 is 2.12 bits per heavy atom. The van der Waals surface area contributed by atoms with E-state index in [-0.39, 0.29) is 5.92 Å². The van der Waals surface area contributed by atoms with Crippen LogP contribution in [-0.2, 0) is 0 Å². The van der Waals surface area contributed by atoms with E-state index in [4.69, 9.17) is 0 Å². The van der Waals surface area contributed by atoms with Gasteiger partial charge in [0.15, 0.2) is 0 Å². The fourth-order valence-corrected chi connectivity index (χ4v) is 1.54. The highest BCUT2D eigenvalue weighted by Gasteiger charge is 2.14. The molecule has 0 radical (unpaired) electrons. The Labute approximate surface area is 96.5 Å². The van der Waals surface area contributed by atoms with E-state index in [1.54, 1.807) is 12.1 Å². The van der Waals surface area contributed by atoms with Crippen molar-refractivity contribution in [3.8, 4) is 0 Å². The second-order valence-corrected chi connectivity index (χ2v) is 4.07. The van der Waals surface area contributed by atoms with E-state index in [2.05, 4.69) is 9.97 Å². The third kappa shape index (κ3) is 2.01. The Balaban J connectivity index is 2.70. The van der Waals surface area contributed by atoms with E-state index in [0.717, 1.165) is 5.69 Å². The van der Waals surface area contributed by atoms with Crippen LogP contribution in [0.5, 0.6) is 0 Å². The molecule has 0 spiro atoms. The molecule has 0 amide bonds. The summed E-state index contributed by atoms with van der Waals surface area (Å²) in [4.78, 5) is 28.0. The Morgan fingerprint density at radius 1 is 1.41 bits per heavy atom. The van der Waals surface area contributed by atoms with Crippen molar-refractivity contribution < 1.29 is 4.92 Å². The molecule has 2 aromatic heterocycles. The number of aromatic nitrogens is 2. The van der Waals surface area contributed by atoms with Gasteiger partial charge < -0.3 is 4.98 Å². The number of H-pyrrole nitrogens is 1. The van der Waals surface area contributed by atoms with Crippen molar-refractivity contribution in [1.29, 1.82) is 0 Å². The minimum atomic E-state index is -0.726. The first kappa shape index (κ1) is 11.3. The lowest BCUT2D eigenvalue weighted by Gasteiger charge is -2.05. The molecule has 0 aromatic carbocycles. The minimum absolute atomic E-state index is 0.234. The fraction of sp³-hybridized carbons (Fsp3) is 0.273. The first-order valence-electron chi connectivity index (χ1n) is 5.17. The molecule has 2 heterocycles. The van der Waals surface area contributed by atoms with Crippen LogP contribution in [0.15, 0.2) is 23.0 Å². The zero-order valence-corrected chi connectivity index (χ0v) is 9.43. The molecular formula is C11H11N3O3. The van der Waals surface area contributed by atoms with Crippen molar-refractivity contribution >= 4 is 16.7 Å². The van der Waals surface area contributed by atoms with Crippen molar-refractivity contribution in [2.75, 3.05) is 0 Å². The molecule has 17 heavy (non-hydrogen) atoms. The monoisotopic (exact) mass is 233 g/mol. The van der Waals surface area contributed by atoms with E-state index >= 15 is 0 Å². The number of aromatic amines is 1. The maximum atomic E-state index is 11.4. The van der Waals surface area contributed by atoms with Gasteiger partial charge in [0.05, 0.1) is 4.92 Å². The van der Waals surface area contributed by atoms with Gasteiger partial charge in [-0.1, -0.05) is 13.8 Å². The van der Waals surface area contributed by atoms with Crippen LogP contribution in [0, 0.1) is 10.1 Å². The first-order valence-corrected chi connectivity index (χ1v) is 5.17. The summed E-state index contributed by atoms with van der Waals surface area (Å²) in [5.41, 5.74) is 0.0290. The van der Waals surface area contributed by atoms with Crippen molar-refractivity contribution in [2.24, 2.45) is 0 Å². The van der Waals surface area contributed by atoms with E-state index in [0.29, 0.717) is 11.0 Å². The Morgan fingerprint density at radius 3 is 2.71 bits per heavy atom. The van der Waals surface area contributed by atoms with Gasteiger partial charge in [0.25, 0.3) is 0 Å². The van der Waals surface area contributed by atoms with E-state index in [1.807, 2.05) is 13.8 Å². The van der Waals surface area contributed by atoms with E-state index in [1.165, 1.54) is 6.07 Å². The third-order valence-electron chi connectivity index (χ3n) is 2.49. The lowest BCUT2D eigenvalue weighted by Crippen LogP contribution is -2.12. The van der Waals surface area contributed by atoms with Gasteiger partial charge in [-0.2, -0.15) is 0 Å². The lowest BCUT2D eigenvalue weighted by atomic mass is 10.1. The van der Waals surface area contributed by atoms with Crippen LogP contribution in [-0.4, -0.2) is 14.9 Å². The number of nitro groups is 1. The summed E-state index contributed by atoms with van der Waals surface area (Å²) >= 11 is 0. The normalized spacial score (nSPS) is 11.0. The van der Waals surface area contributed by atoms with Gasteiger partial charge in [-0.05, 0) is 18.1 Å². The summed E-state index contributed by atoms with van der Waals surface area (Å²) < 4.78 is 0. The van der Waals surface area contributed by atoms with Crippen LogP contribution in [0.4, 0.5) is 5.69 Å². The Kier molecular flexibility index (Phi) is 2.63. The molecule has 6 nitrogen and oxygen atoms in total. The molecule has 6 heteroatoms. The number of pyridine rings is 2. The van der Waals surface area contributed by atoms with Gasteiger partial charge in [0.1, 0.15) is 5.65 Å². The fourth-order valence-electron chi connectivity index (χ4n) is 1.54. The SMILES string of the molecule is CC(C)c1ccc2cc([N+](=O)[O-])c(=O)[nH]c2n1. The molecule has 0 fully saturated rings. The highest BCUT2D eigenvalue weighted by molar-refractivity contribution is 5.76. The van der Waals surface area contributed by atoms with Crippen molar-refractivity contribution in [2.45, 2.75) is 19.8 Å². The standard InChI is InChI=1S/C11H11N3O3/c1-6(2)8-4-3-7-5-9(14(16)17)11(15)13-10(7)12-8/h3-6H,1-2H3,(H,12,13,15). The highest BCUT2D eigenvalue weighted by Crippen LogP contribution is 2.17. The number of hydrogen-bond donors (Lipinski definition) is 1. The zero-order valence-electron chi connectivity index (χ0n) is 9.43. The highest BCUT2D eigenvalue weighted by atomic mass is 16.6. The molecule has 0 aliphatic carbocycles. The third-order valence-corrected chi connectivity index (χ3v) is 2.49. The van der Waals surface area contributed by atoms with Gasteiger partial charge in [-0.25, -0.2) is 4.98 Å². The second-order valence-electron chi connectivity index (χ2n) is 4.07. The maximum absolute atomic E-state index is 11.4. The van der Waals surface area contributed by atoms with Gasteiger partial charge in [-0.15, -0.1) is 0 Å². The van der Waals surface area contributed by atoms with Crippen molar-refractivity contribution in [3.05, 3.63) is 44.4 Å². The minimum Gasteiger partial charge on any atom is -0.301 e. The van der Waals surface area contributed by atoms with Crippen molar-refractivity contribution in [1.82, 2.24) is 9.97 Å². The average molecular weight is 233 g/mol. The molecule has 0 aliphatic heterocycles. The van der Waals surface area contributed by atoms with Gasteiger partial charge in [-0.3, -0.25) is 14.9 Å². The molecule has 1 N–H and O–H groups in total. The number of fused-ring (bicyclic) bond motifs is 1. The van der Waals surface area contributed by atoms with Gasteiger partial charge >= 0.3 is 11.2 Å². The largest absolute Gasteiger partial charge is 0.334 e. The summed E-state index contributed by atoms with van der Waals surface area (Å²) in [7, 11) is 0. The molecule has 0 saturated carbocycles. The van der Waals surface area contributed by atoms with Crippen LogP contribution in [0.25, 0.3) is 11.0 Å². The molecule has 88 valence electrons. The van der Waals surface area contributed by atoms with E-state index in [9.17, 15) is 14.9 Å². The molecule has 0 unspecified atom stereocenters. The molecule has 0 saturated heterocycles. The number of rotatable bonds is 2. The van der Waals surface area contributed by atoms with Gasteiger partial charge in [0, 0.05) is 17.1 Å². The lowest BCUT2D eigenvalue weighted by molar-refractivity contribution is -0.386. The molecule has 0 bridgehead atoms. The smallest absolute Gasteiger partial charge is 0.301 e. The Bertz CT molecular complexity index is 646. The first-order chi connectivity index (χ1) is 7.99. The molecule has 2 rings (SSSR count). The molecular weight excluding hydrogens is 222 g/mol. The van der Waals surface area contributed by atoms with Crippen molar-refractivity contribution in [3.63, 3.8) is 0 Å². The van der Waals surface area contributed by atoms with Crippen LogP contribution in [0.1, 0.15) is 25.5 Å². The summed E-state index contributed by atoms with van der Waals surface area (Å²) in [6.07, 6.45) is 0. The summed E-state index contributed by atoms with van der Waals surface area (Å²) in [5.74, 6) is 0.234. The predicted molar refractivity (Wildman–Crippen MR) is 63.1 cm³/mol. The summed E-state index contributed by atoms with van der Waals surface area (Å²) in [6, 6.07) is 4.76. The van der Waals surface area contributed by atoms with Gasteiger partial charge in [0.2, 0.25) is 0 Å². The quantitative estimate of drug-likeness (QED) is 0.634. The predicted octanol–water partition coefficient (Wildman–Crippen LogP) is 1.95. The molecule has 0 atom stereocenters. The van der Waals surface area contributed by atoms with Crippen LogP contribution in [0.3, 0.4) is 0 Å². The average Bonchev–Trinajstić information content (AvgIpc) is 2.26. The van der Waals surface area contributed by atoms with Crippen LogP contribution in [0.2, 0.25) is 0 Å². The maximum Gasteiger partial charge on any atom is 0.334 e. The summed E-state index contributed by atoms with van der Waals surface area (Å²) in [6.45, 7) is 3.97. The molecule has 0 aliphatic rings. The zero-order chi connectivity index (χ0) is 12.6. The molecule has 2 aromatic rings. The topological polar surface area (TPSA) is 88.9 Å². The Hall–Kier alpha value is -2.24. The second kappa shape index (κ2) is 3.97. The van der Waals surface area contributed by atoms with E-state index < -0.39 is 16.2 Å². The van der Waals surface area contributed by atoms with Crippen LogP contribution < -0.4 is 5.56 Å². The number of hydrogen-bond acceptors (Lipinski definition) is 4.